The summed E-state index contributed by atoms with van der Waals surface area (Å²) in [6.07, 6.45) is 0.465. The Morgan fingerprint density at radius 2 is 1.64 bits per heavy atom. The number of rotatable bonds is 2. The highest BCUT2D eigenvalue weighted by atomic mass is 35.6. The van der Waals surface area contributed by atoms with Gasteiger partial charge in [0.05, 0.1) is 13.4 Å². The van der Waals surface area contributed by atoms with Gasteiger partial charge in [0.25, 0.3) is 0 Å². The van der Waals surface area contributed by atoms with E-state index in [0.29, 0.717) is 11.4 Å². The van der Waals surface area contributed by atoms with E-state index in [2.05, 4.69) is 9.98 Å². The number of nitrogens with zero attached hydrogens (tertiary/aromatic N) is 3. The van der Waals surface area contributed by atoms with Gasteiger partial charge in [-0.15, -0.1) is 0 Å². The molecule has 1 aromatic rings. The Morgan fingerprint density at radius 3 is 2.09 bits per heavy atom. The fourth-order valence-electron chi connectivity index (χ4n) is 1.73. The van der Waals surface area contributed by atoms with Gasteiger partial charge in [0.15, 0.2) is 12.0 Å². The van der Waals surface area contributed by atoms with E-state index in [1.807, 2.05) is 0 Å². The third-order valence-electron chi connectivity index (χ3n) is 2.73. The second-order valence-corrected chi connectivity index (χ2v) is 8.87. The summed E-state index contributed by atoms with van der Waals surface area (Å²) < 4.78 is 1.54. The van der Waals surface area contributed by atoms with Gasteiger partial charge < -0.3 is 9.64 Å². The summed E-state index contributed by atoms with van der Waals surface area (Å²) >= 11 is 35.3. The van der Waals surface area contributed by atoms with Gasteiger partial charge in [0.1, 0.15) is 5.75 Å². The largest absolute Gasteiger partial charge is 0.497 e. The summed E-state index contributed by atoms with van der Waals surface area (Å²) in [6.45, 7) is 0. The number of hydrogen-bond acceptors (Lipinski definition) is 4. The van der Waals surface area contributed by atoms with Gasteiger partial charge in [-0.3, -0.25) is 0 Å². The van der Waals surface area contributed by atoms with Crippen LogP contribution in [0.4, 0.5) is 5.69 Å². The van der Waals surface area contributed by atoms with Crippen molar-refractivity contribution in [1.29, 1.82) is 0 Å². The number of alkyl halides is 6. The Labute approximate surface area is 157 Å². The fraction of sp³-hybridized carbons (Fsp3) is 0.333. The monoisotopic (exact) mass is 421 g/mol. The van der Waals surface area contributed by atoms with Crippen molar-refractivity contribution in [3.63, 3.8) is 0 Å². The molecule has 4 nitrogen and oxygen atoms in total. The summed E-state index contributed by atoms with van der Waals surface area (Å²) in [5.41, 5.74) is 0.688. The van der Waals surface area contributed by atoms with Gasteiger partial charge >= 0.3 is 0 Å². The number of hydrogen-bond donors (Lipinski definition) is 0. The topological polar surface area (TPSA) is 37.2 Å². The van der Waals surface area contributed by atoms with E-state index in [4.69, 9.17) is 74.3 Å². The first kappa shape index (κ1) is 18.2. The molecular weight excluding hydrogens is 415 g/mol. The first-order valence-corrected chi connectivity index (χ1v) is 8.08. The van der Waals surface area contributed by atoms with Crippen molar-refractivity contribution >= 4 is 87.5 Å². The maximum absolute atomic E-state index is 6.00. The molecule has 2 rings (SSSR count). The van der Waals surface area contributed by atoms with E-state index in [1.165, 1.54) is 6.34 Å². The maximum atomic E-state index is 6.00. The van der Waals surface area contributed by atoms with Gasteiger partial charge in [0.2, 0.25) is 7.59 Å². The minimum absolute atomic E-state index is 0.0569. The fourth-order valence-corrected chi connectivity index (χ4v) is 2.49. The molecule has 0 radical (unpaired) electrons. The van der Waals surface area contributed by atoms with Gasteiger partial charge in [-0.2, -0.15) is 0 Å². The molecule has 0 saturated carbocycles. The van der Waals surface area contributed by atoms with Crippen LogP contribution < -0.4 is 9.64 Å². The van der Waals surface area contributed by atoms with E-state index in [1.54, 1.807) is 36.3 Å². The summed E-state index contributed by atoms with van der Waals surface area (Å²) in [5.74, 6) is 0.632. The van der Waals surface area contributed by atoms with Crippen molar-refractivity contribution in [3.8, 4) is 5.75 Å². The molecule has 1 unspecified atom stereocenters. The van der Waals surface area contributed by atoms with E-state index in [9.17, 15) is 0 Å². The number of methoxy groups -OCH3 is 1. The summed E-state index contributed by atoms with van der Waals surface area (Å²) in [5, 5.41) is 0. The van der Waals surface area contributed by atoms with Crippen molar-refractivity contribution in [1.82, 2.24) is 0 Å². The molecule has 10 heteroatoms. The van der Waals surface area contributed by atoms with Crippen LogP contribution in [0, 0.1) is 0 Å². The van der Waals surface area contributed by atoms with Crippen LogP contribution in [0.5, 0.6) is 5.75 Å². The lowest BCUT2D eigenvalue weighted by atomic mass is 10.2. The number of halogens is 6. The van der Waals surface area contributed by atoms with Crippen molar-refractivity contribution in [3.05, 3.63) is 24.3 Å². The Balaban J connectivity index is 2.39. The molecule has 0 aromatic heterocycles. The lowest BCUT2D eigenvalue weighted by Gasteiger charge is -2.35. The van der Waals surface area contributed by atoms with E-state index in [-0.39, 0.29) is 5.84 Å². The number of aliphatic imine (C=N–C) groups is 2. The van der Waals surface area contributed by atoms with Crippen molar-refractivity contribution < 1.29 is 4.74 Å². The summed E-state index contributed by atoms with van der Waals surface area (Å²) in [7, 11) is 1.57. The molecule has 0 N–H and O–H groups in total. The van der Waals surface area contributed by atoms with E-state index in [0.717, 1.165) is 0 Å². The molecule has 0 amide bonds. The van der Waals surface area contributed by atoms with Crippen molar-refractivity contribution in [2.24, 2.45) is 9.98 Å². The van der Waals surface area contributed by atoms with Gasteiger partial charge in [0, 0.05) is 5.69 Å². The number of benzene rings is 1. The van der Waals surface area contributed by atoms with Gasteiger partial charge in [-0.25, -0.2) is 9.98 Å². The first-order valence-electron chi connectivity index (χ1n) is 5.81. The van der Waals surface area contributed by atoms with Crippen molar-refractivity contribution in [2.75, 3.05) is 12.0 Å². The molecule has 0 saturated heterocycles. The normalized spacial score (nSPS) is 19.1. The van der Waals surface area contributed by atoms with Crippen LogP contribution >= 0.6 is 69.6 Å². The Morgan fingerprint density at radius 1 is 1.05 bits per heavy atom. The molecule has 22 heavy (non-hydrogen) atoms. The highest BCUT2D eigenvalue weighted by molar-refractivity contribution is 6.77. The Hall–Kier alpha value is -0.100. The van der Waals surface area contributed by atoms with E-state index >= 15 is 0 Å². The zero-order valence-electron chi connectivity index (χ0n) is 11.0. The summed E-state index contributed by atoms with van der Waals surface area (Å²) in [4.78, 5) is 9.72. The highest BCUT2D eigenvalue weighted by Gasteiger charge is 2.42. The zero-order valence-corrected chi connectivity index (χ0v) is 15.5. The second-order valence-electron chi connectivity index (χ2n) is 4.22. The molecule has 1 aliphatic rings. The molecule has 1 aliphatic heterocycles. The van der Waals surface area contributed by atoms with Crippen LogP contribution in [0.3, 0.4) is 0 Å². The number of anilines is 1. The SMILES string of the molecule is COc1ccc(N2C=NC(C(Cl)(Cl)Cl)=NC2C(Cl)(Cl)Cl)cc1. The maximum Gasteiger partial charge on any atom is 0.249 e. The molecule has 0 fully saturated rings. The van der Waals surface area contributed by atoms with Gasteiger partial charge in [-0.1, -0.05) is 69.6 Å². The molecule has 1 heterocycles. The zero-order chi connectivity index (χ0) is 16.5. The molecule has 0 aliphatic carbocycles. The number of ether oxygens (including phenoxy) is 1. The first-order chi connectivity index (χ1) is 10.1. The quantitative estimate of drug-likeness (QED) is 0.627. The van der Waals surface area contributed by atoms with Crippen LogP contribution in [0.1, 0.15) is 0 Å². The molecule has 1 atom stereocenters. The molecule has 120 valence electrons. The van der Waals surface area contributed by atoms with Crippen LogP contribution in [-0.4, -0.2) is 33.0 Å². The van der Waals surface area contributed by atoms with E-state index < -0.39 is 13.8 Å². The minimum Gasteiger partial charge on any atom is -0.497 e. The smallest absolute Gasteiger partial charge is 0.249 e. The van der Waals surface area contributed by atoms with Gasteiger partial charge in [-0.05, 0) is 24.3 Å². The standard InChI is InChI=1S/C12H9Cl6N3O/c1-22-8-4-2-7(3-5-8)21-6-19-9(11(13,14)15)20-10(21)12(16,17)18/h2-6,10H,1H3. The lowest BCUT2D eigenvalue weighted by molar-refractivity contribution is 0.415. The molecule has 1 aromatic carbocycles. The Kier molecular flexibility index (Phi) is 5.63. The molecule has 0 bridgehead atoms. The third kappa shape index (κ3) is 4.25. The predicted molar refractivity (Wildman–Crippen MR) is 95.8 cm³/mol. The average molecular weight is 424 g/mol. The lowest BCUT2D eigenvalue weighted by Crippen LogP contribution is -2.46. The third-order valence-corrected chi connectivity index (χ3v) is 3.82. The summed E-state index contributed by atoms with van der Waals surface area (Å²) in [6, 6.07) is 7.05. The van der Waals surface area contributed by atoms with Crippen LogP contribution in [0.25, 0.3) is 0 Å². The van der Waals surface area contributed by atoms with Crippen LogP contribution in [0.2, 0.25) is 0 Å². The molecular formula is C12H9Cl6N3O. The van der Waals surface area contributed by atoms with Crippen molar-refractivity contribution in [2.45, 2.75) is 13.8 Å². The highest BCUT2D eigenvalue weighted by Crippen LogP contribution is 2.39. The average Bonchev–Trinajstić information content (AvgIpc) is 2.45. The minimum atomic E-state index is -1.81. The number of amidine groups is 1. The Bertz CT molecular complexity index is 590. The second kappa shape index (κ2) is 6.80. The van der Waals surface area contributed by atoms with Crippen LogP contribution in [0.15, 0.2) is 34.3 Å². The molecule has 0 spiro atoms. The van der Waals surface area contributed by atoms with Crippen LogP contribution in [-0.2, 0) is 0 Å². The predicted octanol–water partition coefficient (Wildman–Crippen LogP) is 5.01.